The first-order valence-electron chi connectivity index (χ1n) is 8.98. The van der Waals surface area contributed by atoms with Crippen LogP contribution in [0.15, 0.2) is 42.9 Å². The molecule has 1 unspecified atom stereocenters. The number of aromatic nitrogens is 5. The van der Waals surface area contributed by atoms with Gasteiger partial charge < -0.3 is 14.8 Å². The molecule has 0 aliphatic carbocycles. The molecule has 5 rings (SSSR count). The number of H-pyrrole nitrogens is 1. The minimum Gasteiger partial charge on any atom is -0.381 e. The predicted octanol–water partition coefficient (Wildman–Crippen LogP) is 2.77. The van der Waals surface area contributed by atoms with Crippen molar-refractivity contribution in [3.63, 3.8) is 0 Å². The molecule has 0 aromatic carbocycles. The third kappa shape index (κ3) is 2.69. The van der Waals surface area contributed by atoms with E-state index in [4.69, 9.17) is 4.74 Å². The molecule has 1 aliphatic rings. The van der Waals surface area contributed by atoms with Gasteiger partial charge in [-0.2, -0.15) is 5.10 Å². The highest BCUT2D eigenvalue weighted by molar-refractivity contribution is 5.97. The highest BCUT2D eigenvalue weighted by Crippen LogP contribution is 2.37. The maximum Gasteiger partial charge on any atom is 0.141 e. The van der Waals surface area contributed by atoms with Crippen LogP contribution in [0, 0.1) is 5.82 Å². The maximum atomic E-state index is 13.3. The molecule has 1 fully saturated rings. The minimum absolute atomic E-state index is 0.257. The van der Waals surface area contributed by atoms with Crippen molar-refractivity contribution in [2.75, 3.05) is 13.2 Å². The van der Waals surface area contributed by atoms with E-state index in [1.54, 1.807) is 16.9 Å². The number of aliphatic hydroxyl groups is 1. The number of hydrogen-bond acceptors (Lipinski definition) is 5. The van der Waals surface area contributed by atoms with Crippen molar-refractivity contribution >= 4 is 11.0 Å². The Kier molecular flexibility index (Phi) is 3.78. The SMILES string of the molecule is Cn1cc(-c2ccnc3[nH]c(C4(O)CCOC4)cc23)c(-c2ccc(F)cn2)n1. The number of halogens is 1. The zero-order chi connectivity index (χ0) is 19.3. The van der Waals surface area contributed by atoms with Crippen molar-refractivity contribution in [1.82, 2.24) is 24.7 Å². The molecule has 4 aromatic rings. The van der Waals surface area contributed by atoms with Crippen molar-refractivity contribution in [2.24, 2.45) is 7.05 Å². The summed E-state index contributed by atoms with van der Waals surface area (Å²) in [7, 11) is 1.83. The summed E-state index contributed by atoms with van der Waals surface area (Å²) in [6.45, 7) is 0.780. The second-order valence-electron chi connectivity index (χ2n) is 7.06. The minimum atomic E-state index is -1.03. The zero-order valence-electron chi connectivity index (χ0n) is 15.2. The molecule has 0 saturated carbocycles. The molecular formula is C20H18FN5O2. The number of nitrogens with zero attached hydrogens (tertiary/aromatic N) is 4. The highest BCUT2D eigenvalue weighted by atomic mass is 19.1. The molecule has 5 heterocycles. The largest absolute Gasteiger partial charge is 0.381 e. The summed E-state index contributed by atoms with van der Waals surface area (Å²) in [5, 5.41) is 16.2. The lowest BCUT2D eigenvalue weighted by atomic mass is 9.98. The lowest BCUT2D eigenvalue weighted by molar-refractivity contribution is 0.0200. The Morgan fingerprint density at radius 3 is 2.89 bits per heavy atom. The monoisotopic (exact) mass is 379 g/mol. The van der Waals surface area contributed by atoms with E-state index in [9.17, 15) is 9.50 Å². The van der Waals surface area contributed by atoms with Crippen LogP contribution in [0.1, 0.15) is 12.1 Å². The summed E-state index contributed by atoms with van der Waals surface area (Å²) >= 11 is 0. The average Bonchev–Trinajstić information content (AvgIpc) is 3.40. The Labute approximate surface area is 159 Å². The topological polar surface area (TPSA) is 88.9 Å². The molecule has 7 nitrogen and oxygen atoms in total. The molecule has 0 bridgehead atoms. The van der Waals surface area contributed by atoms with Crippen LogP contribution in [0.25, 0.3) is 33.5 Å². The summed E-state index contributed by atoms with van der Waals surface area (Å²) in [6, 6.07) is 6.80. The number of nitrogens with one attached hydrogen (secondary N) is 1. The maximum absolute atomic E-state index is 13.3. The Morgan fingerprint density at radius 1 is 1.25 bits per heavy atom. The predicted molar refractivity (Wildman–Crippen MR) is 101 cm³/mol. The molecular weight excluding hydrogens is 361 g/mol. The van der Waals surface area contributed by atoms with E-state index in [0.29, 0.717) is 35.8 Å². The summed E-state index contributed by atoms with van der Waals surface area (Å²) in [6.07, 6.45) is 5.32. The van der Waals surface area contributed by atoms with Crippen LogP contribution in [0.5, 0.6) is 0 Å². The number of hydrogen-bond donors (Lipinski definition) is 2. The first kappa shape index (κ1) is 17.0. The van der Waals surface area contributed by atoms with Gasteiger partial charge in [-0.25, -0.2) is 9.37 Å². The van der Waals surface area contributed by atoms with Crippen molar-refractivity contribution in [3.05, 3.63) is 54.4 Å². The van der Waals surface area contributed by atoms with E-state index < -0.39 is 11.4 Å². The quantitative estimate of drug-likeness (QED) is 0.571. The van der Waals surface area contributed by atoms with Crippen LogP contribution in [0.3, 0.4) is 0 Å². The molecule has 0 amide bonds. The van der Waals surface area contributed by atoms with Gasteiger partial charge in [0.15, 0.2) is 0 Å². The second-order valence-corrected chi connectivity index (χ2v) is 7.06. The number of fused-ring (bicyclic) bond motifs is 1. The van der Waals surface area contributed by atoms with Crippen LogP contribution >= 0.6 is 0 Å². The van der Waals surface area contributed by atoms with E-state index in [1.807, 2.05) is 25.4 Å². The summed E-state index contributed by atoms with van der Waals surface area (Å²) in [5.41, 5.74) is 3.33. The van der Waals surface area contributed by atoms with E-state index >= 15 is 0 Å². The first-order chi connectivity index (χ1) is 13.5. The molecule has 8 heteroatoms. The molecule has 2 N–H and O–H groups in total. The summed E-state index contributed by atoms with van der Waals surface area (Å²) in [4.78, 5) is 11.8. The first-order valence-corrected chi connectivity index (χ1v) is 8.98. The van der Waals surface area contributed by atoms with Gasteiger partial charge in [0.1, 0.15) is 22.8 Å². The smallest absolute Gasteiger partial charge is 0.141 e. The molecule has 28 heavy (non-hydrogen) atoms. The van der Waals surface area contributed by atoms with Gasteiger partial charge in [0.25, 0.3) is 0 Å². The van der Waals surface area contributed by atoms with Gasteiger partial charge in [0, 0.05) is 43.4 Å². The fourth-order valence-corrected chi connectivity index (χ4v) is 3.67. The molecule has 4 aromatic heterocycles. The number of ether oxygens (including phenoxy) is 1. The van der Waals surface area contributed by atoms with Gasteiger partial charge in [-0.15, -0.1) is 0 Å². The zero-order valence-corrected chi connectivity index (χ0v) is 15.2. The van der Waals surface area contributed by atoms with Crippen molar-refractivity contribution < 1.29 is 14.2 Å². The number of aryl methyl sites for hydroxylation is 1. The number of pyridine rings is 2. The number of rotatable bonds is 3. The highest BCUT2D eigenvalue weighted by Gasteiger charge is 2.36. The lowest BCUT2D eigenvalue weighted by Crippen LogP contribution is -2.25. The van der Waals surface area contributed by atoms with E-state index in [0.717, 1.165) is 16.5 Å². The molecule has 142 valence electrons. The van der Waals surface area contributed by atoms with Crippen molar-refractivity contribution in [2.45, 2.75) is 12.0 Å². The summed E-state index contributed by atoms with van der Waals surface area (Å²) < 4.78 is 20.4. The van der Waals surface area contributed by atoms with Gasteiger partial charge in [0.05, 0.1) is 24.2 Å². The number of aromatic amines is 1. The van der Waals surface area contributed by atoms with Crippen LogP contribution in [0.2, 0.25) is 0 Å². The normalized spacial score (nSPS) is 19.5. The Morgan fingerprint density at radius 2 is 2.14 bits per heavy atom. The van der Waals surface area contributed by atoms with E-state index in [2.05, 4.69) is 20.1 Å². The van der Waals surface area contributed by atoms with Crippen LogP contribution in [-0.2, 0) is 17.4 Å². The van der Waals surface area contributed by atoms with Gasteiger partial charge in [0.2, 0.25) is 0 Å². The lowest BCUT2D eigenvalue weighted by Gasteiger charge is -2.18. The van der Waals surface area contributed by atoms with Gasteiger partial charge in [-0.3, -0.25) is 9.67 Å². The van der Waals surface area contributed by atoms with Gasteiger partial charge in [-0.1, -0.05) is 0 Å². The van der Waals surface area contributed by atoms with Crippen molar-refractivity contribution in [3.8, 4) is 22.5 Å². The second kappa shape index (κ2) is 6.22. The molecule has 1 atom stereocenters. The van der Waals surface area contributed by atoms with Crippen LogP contribution in [-0.4, -0.2) is 43.1 Å². The molecule has 0 radical (unpaired) electrons. The molecule has 1 saturated heterocycles. The Balaban J connectivity index is 1.68. The molecule has 1 aliphatic heterocycles. The molecule has 0 spiro atoms. The van der Waals surface area contributed by atoms with E-state index in [-0.39, 0.29) is 6.61 Å². The van der Waals surface area contributed by atoms with Crippen molar-refractivity contribution in [1.29, 1.82) is 0 Å². The fraction of sp³-hybridized carbons (Fsp3) is 0.250. The summed E-state index contributed by atoms with van der Waals surface area (Å²) in [5.74, 6) is -0.394. The van der Waals surface area contributed by atoms with Gasteiger partial charge in [-0.05, 0) is 29.8 Å². The van der Waals surface area contributed by atoms with Crippen LogP contribution in [0.4, 0.5) is 4.39 Å². The van der Waals surface area contributed by atoms with Crippen LogP contribution < -0.4 is 0 Å². The Hall–Kier alpha value is -3.10. The third-order valence-electron chi connectivity index (χ3n) is 5.12. The average molecular weight is 379 g/mol. The third-order valence-corrected chi connectivity index (χ3v) is 5.12. The fourth-order valence-electron chi connectivity index (χ4n) is 3.67. The van der Waals surface area contributed by atoms with E-state index in [1.165, 1.54) is 12.3 Å². The standard InChI is InChI=1S/C20H18FN5O2/c1-26-10-15(18(25-26)16-3-2-12(21)9-23-16)13-4-6-22-19-14(13)8-17(24-19)20(27)5-7-28-11-20/h2-4,6,8-10,27H,5,7,11H2,1H3,(H,22,24). The van der Waals surface area contributed by atoms with Gasteiger partial charge >= 0.3 is 0 Å². The Bertz CT molecular complexity index is 1160.